The van der Waals surface area contributed by atoms with Crippen molar-refractivity contribution >= 4 is 23.7 Å². The summed E-state index contributed by atoms with van der Waals surface area (Å²) in [5.41, 5.74) is 0. The summed E-state index contributed by atoms with van der Waals surface area (Å²) in [5.74, 6) is -1.51. The van der Waals surface area contributed by atoms with Gasteiger partial charge in [0.15, 0.2) is 0 Å². The minimum atomic E-state index is -0.576. The van der Waals surface area contributed by atoms with Crippen molar-refractivity contribution in [3.8, 4) is 0 Å². The number of rotatable bonds is 13. The Hall–Kier alpha value is -1.96. The Bertz CT molecular complexity index is 450. The van der Waals surface area contributed by atoms with Crippen molar-refractivity contribution in [1.82, 2.24) is 10.4 Å². The Labute approximate surface area is 148 Å². The molecular weight excluding hydrogens is 328 g/mol. The van der Waals surface area contributed by atoms with Crippen LogP contribution in [0.25, 0.3) is 0 Å². The van der Waals surface area contributed by atoms with Crippen LogP contribution >= 0.6 is 0 Å². The molecule has 8 heteroatoms. The van der Waals surface area contributed by atoms with E-state index in [2.05, 4.69) is 5.32 Å². The Morgan fingerprint density at radius 1 is 1.00 bits per heavy atom. The molecule has 0 aromatic heterocycles. The van der Waals surface area contributed by atoms with Gasteiger partial charge in [0.25, 0.3) is 11.8 Å². The van der Waals surface area contributed by atoms with Crippen molar-refractivity contribution in [1.29, 1.82) is 0 Å². The minimum Gasteiger partial charge on any atom is -0.380 e. The van der Waals surface area contributed by atoms with E-state index in [1.54, 1.807) is 0 Å². The number of imide groups is 1. The van der Waals surface area contributed by atoms with E-state index in [1.807, 2.05) is 6.92 Å². The van der Waals surface area contributed by atoms with E-state index in [0.717, 1.165) is 25.7 Å². The van der Waals surface area contributed by atoms with E-state index in [4.69, 9.17) is 9.57 Å². The molecule has 1 fully saturated rings. The van der Waals surface area contributed by atoms with Crippen molar-refractivity contribution in [2.75, 3.05) is 19.8 Å². The van der Waals surface area contributed by atoms with Crippen LogP contribution in [-0.4, -0.2) is 48.5 Å². The first-order chi connectivity index (χ1) is 12.0. The number of hydrogen-bond acceptors (Lipinski definition) is 6. The monoisotopic (exact) mass is 356 g/mol. The van der Waals surface area contributed by atoms with Crippen LogP contribution in [0.2, 0.25) is 0 Å². The number of hydroxylamine groups is 2. The SMILES string of the molecule is CCCOCCNC(=O)CCCCCCC(=O)ON1C(=O)CCC1=O. The molecular formula is C17H28N2O6. The third-order valence-corrected chi connectivity index (χ3v) is 3.65. The quantitative estimate of drug-likeness (QED) is 0.396. The largest absolute Gasteiger partial charge is 0.380 e. The molecule has 1 aliphatic heterocycles. The molecule has 1 rings (SSSR count). The van der Waals surface area contributed by atoms with Crippen molar-refractivity contribution in [3.63, 3.8) is 0 Å². The van der Waals surface area contributed by atoms with Crippen LogP contribution in [0.1, 0.15) is 64.7 Å². The highest BCUT2D eigenvalue weighted by Gasteiger charge is 2.32. The average Bonchev–Trinajstić information content (AvgIpc) is 2.89. The van der Waals surface area contributed by atoms with Crippen molar-refractivity contribution < 1.29 is 28.8 Å². The molecule has 0 bridgehead atoms. The van der Waals surface area contributed by atoms with E-state index in [9.17, 15) is 19.2 Å². The first-order valence-corrected chi connectivity index (χ1v) is 8.95. The summed E-state index contributed by atoms with van der Waals surface area (Å²) in [6.07, 6.45) is 4.72. The van der Waals surface area contributed by atoms with Crippen LogP contribution in [0.15, 0.2) is 0 Å². The van der Waals surface area contributed by atoms with Gasteiger partial charge in [-0.1, -0.05) is 19.8 Å². The molecule has 142 valence electrons. The molecule has 1 saturated heterocycles. The molecule has 25 heavy (non-hydrogen) atoms. The van der Waals surface area contributed by atoms with E-state index >= 15 is 0 Å². The molecule has 1 heterocycles. The van der Waals surface area contributed by atoms with Gasteiger partial charge in [-0.15, -0.1) is 5.06 Å². The summed E-state index contributed by atoms with van der Waals surface area (Å²) in [6, 6.07) is 0. The van der Waals surface area contributed by atoms with Crippen LogP contribution in [0, 0.1) is 0 Å². The summed E-state index contributed by atoms with van der Waals surface area (Å²) in [5, 5.41) is 3.36. The van der Waals surface area contributed by atoms with Gasteiger partial charge in [0, 0.05) is 38.8 Å². The highest BCUT2D eigenvalue weighted by Crippen LogP contribution is 2.13. The number of nitrogens with one attached hydrogen (secondary N) is 1. The van der Waals surface area contributed by atoms with Gasteiger partial charge in [0.1, 0.15) is 0 Å². The Morgan fingerprint density at radius 3 is 2.28 bits per heavy atom. The van der Waals surface area contributed by atoms with Crippen molar-refractivity contribution in [2.24, 2.45) is 0 Å². The van der Waals surface area contributed by atoms with E-state index < -0.39 is 17.8 Å². The first kappa shape index (κ1) is 21.1. The molecule has 0 aliphatic carbocycles. The van der Waals surface area contributed by atoms with E-state index in [0.29, 0.717) is 37.7 Å². The first-order valence-electron chi connectivity index (χ1n) is 8.95. The summed E-state index contributed by atoms with van der Waals surface area (Å²) in [7, 11) is 0. The maximum absolute atomic E-state index is 11.6. The highest BCUT2D eigenvalue weighted by atomic mass is 16.7. The van der Waals surface area contributed by atoms with Gasteiger partial charge in [-0.25, -0.2) is 4.79 Å². The summed E-state index contributed by atoms with van der Waals surface area (Å²) in [6.45, 7) is 3.80. The summed E-state index contributed by atoms with van der Waals surface area (Å²) < 4.78 is 5.27. The van der Waals surface area contributed by atoms with Crippen molar-refractivity contribution in [2.45, 2.75) is 64.7 Å². The summed E-state index contributed by atoms with van der Waals surface area (Å²) >= 11 is 0. The number of ether oxygens (including phenoxy) is 1. The molecule has 0 unspecified atom stereocenters. The number of amides is 3. The molecule has 1 aliphatic rings. The second-order valence-corrected chi connectivity index (χ2v) is 5.92. The van der Waals surface area contributed by atoms with Gasteiger partial charge in [-0.05, 0) is 19.3 Å². The normalized spacial score (nSPS) is 14.0. The third-order valence-electron chi connectivity index (χ3n) is 3.65. The molecule has 3 amide bonds. The standard InChI is InChI=1S/C17H28N2O6/c1-2-12-24-13-11-18-14(20)7-5-3-4-6-8-17(23)25-19-15(21)9-10-16(19)22/h2-13H2,1H3,(H,18,20). The van der Waals surface area contributed by atoms with Gasteiger partial charge in [0.2, 0.25) is 5.91 Å². The lowest BCUT2D eigenvalue weighted by atomic mass is 10.1. The van der Waals surface area contributed by atoms with Crippen LogP contribution in [0.4, 0.5) is 0 Å². The van der Waals surface area contributed by atoms with Crippen LogP contribution < -0.4 is 5.32 Å². The molecule has 0 radical (unpaired) electrons. The zero-order valence-corrected chi connectivity index (χ0v) is 14.9. The van der Waals surface area contributed by atoms with Crippen LogP contribution in [-0.2, 0) is 28.8 Å². The van der Waals surface area contributed by atoms with Crippen LogP contribution in [0.3, 0.4) is 0 Å². The average molecular weight is 356 g/mol. The number of carbonyl (C=O) groups excluding carboxylic acids is 4. The smallest absolute Gasteiger partial charge is 0.333 e. The number of unbranched alkanes of at least 4 members (excludes halogenated alkanes) is 3. The fourth-order valence-corrected chi connectivity index (χ4v) is 2.31. The second-order valence-electron chi connectivity index (χ2n) is 5.92. The fourth-order valence-electron chi connectivity index (χ4n) is 2.31. The van der Waals surface area contributed by atoms with Gasteiger partial charge < -0.3 is 14.9 Å². The Morgan fingerprint density at radius 2 is 1.64 bits per heavy atom. The number of nitrogens with zero attached hydrogens (tertiary/aromatic N) is 1. The molecule has 0 spiro atoms. The molecule has 0 aromatic rings. The maximum Gasteiger partial charge on any atom is 0.333 e. The molecule has 1 N–H and O–H groups in total. The van der Waals surface area contributed by atoms with Gasteiger partial charge in [-0.3, -0.25) is 14.4 Å². The molecule has 0 atom stereocenters. The predicted molar refractivity (Wildman–Crippen MR) is 89.0 cm³/mol. The van der Waals surface area contributed by atoms with Gasteiger partial charge in [-0.2, -0.15) is 0 Å². The lowest BCUT2D eigenvalue weighted by Gasteiger charge is -2.12. The Balaban J connectivity index is 1.95. The van der Waals surface area contributed by atoms with Crippen molar-refractivity contribution in [3.05, 3.63) is 0 Å². The topological polar surface area (TPSA) is 102 Å². The molecule has 0 aromatic carbocycles. The van der Waals surface area contributed by atoms with E-state index in [1.165, 1.54) is 0 Å². The lowest BCUT2D eigenvalue weighted by Crippen LogP contribution is -2.31. The maximum atomic E-state index is 11.6. The van der Waals surface area contributed by atoms with Gasteiger partial charge >= 0.3 is 5.97 Å². The fraction of sp³-hybridized carbons (Fsp3) is 0.765. The Kier molecular flexibility index (Phi) is 10.5. The highest BCUT2D eigenvalue weighted by molar-refractivity contribution is 6.01. The second kappa shape index (κ2) is 12.4. The third kappa shape index (κ3) is 9.19. The zero-order valence-electron chi connectivity index (χ0n) is 14.9. The van der Waals surface area contributed by atoms with Gasteiger partial charge in [0.05, 0.1) is 6.61 Å². The lowest BCUT2D eigenvalue weighted by molar-refractivity contribution is -0.197. The number of carbonyl (C=O) groups is 4. The van der Waals surface area contributed by atoms with E-state index in [-0.39, 0.29) is 25.2 Å². The predicted octanol–water partition coefficient (Wildman–Crippen LogP) is 1.48. The minimum absolute atomic E-state index is 0.00515. The zero-order chi connectivity index (χ0) is 18.5. The van der Waals surface area contributed by atoms with Crippen LogP contribution in [0.5, 0.6) is 0 Å². The summed E-state index contributed by atoms with van der Waals surface area (Å²) in [4.78, 5) is 50.5. The molecule has 8 nitrogen and oxygen atoms in total. The number of hydrogen-bond donors (Lipinski definition) is 1. The molecule has 0 saturated carbocycles.